The highest BCUT2D eigenvalue weighted by Gasteiger charge is 2.13. The highest BCUT2D eigenvalue weighted by atomic mass is 16.5. The van der Waals surface area contributed by atoms with Gasteiger partial charge in [-0.15, -0.1) is 0 Å². The maximum atomic E-state index is 12.1. The molecule has 0 bridgehead atoms. The molecule has 0 N–H and O–H groups in total. The number of amides is 1. The Morgan fingerprint density at radius 3 is 2.77 bits per heavy atom. The Labute approximate surface area is 130 Å². The van der Waals surface area contributed by atoms with Gasteiger partial charge in [0, 0.05) is 32.4 Å². The number of benzene rings is 1. The molecule has 1 aromatic carbocycles. The summed E-state index contributed by atoms with van der Waals surface area (Å²) < 4.78 is 12.5. The molecule has 1 heterocycles. The van der Waals surface area contributed by atoms with Gasteiger partial charge in [-0.3, -0.25) is 9.48 Å². The Morgan fingerprint density at radius 1 is 1.36 bits per heavy atom. The molecular formula is C16H21N3O3. The van der Waals surface area contributed by atoms with Gasteiger partial charge in [0.2, 0.25) is 0 Å². The standard InChI is InChI=1S/C16H21N3O3/c1-12-5-6-14(15(7-12)21-4)22-11-16(20)18(2)9-13-8-17-19(3)10-13/h5-8,10H,9,11H2,1-4H3. The Balaban J connectivity index is 1.92. The third-order valence-electron chi connectivity index (χ3n) is 3.27. The van der Waals surface area contributed by atoms with Crippen molar-refractivity contribution in [1.29, 1.82) is 0 Å². The molecule has 0 fully saturated rings. The van der Waals surface area contributed by atoms with Crippen LogP contribution in [-0.2, 0) is 18.4 Å². The molecule has 0 aliphatic rings. The lowest BCUT2D eigenvalue weighted by Crippen LogP contribution is -2.30. The summed E-state index contributed by atoms with van der Waals surface area (Å²) in [6.45, 7) is 2.44. The first kappa shape index (κ1) is 15.9. The van der Waals surface area contributed by atoms with Crippen molar-refractivity contribution in [1.82, 2.24) is 14.7 Å². The van der Waals surface area contributed by atoms with Gasteiger partial charge in [0.05, 0.1) is 13.3 Å². The summed E-state index contributed by atoms with van der Waals surface area (Å²) in [5, 5.41) is 4.08. The van der Waals surface area contributed by atoms with E-state index in [0.717, 1.165) is 11.1 Å². The highest BCUT2D eigenvalue weighted by molar-refractivity contribution is 5.77. The Hall–Kier alpha value is -2.50. The Bertz CT molecular complexity index is 652. The van der Waals surface area contributed by atoms with Gasteiger partial charge in [0.25, 0.3) is 5.91 Å². The molecule has 6 nitrogen and oxygen atoms in total. The quantitative estimate of drug-likeness (QED) is 0.816. The monoisotopic (exact) mass is 303 g/mol. The number of rotatable bonds is 6. The molecule has 118 valence electrons. The first-order valence-corrected chi connectivity index (χ1v) is 6.98. The first-order valence-electron chi connectivity index (χ1n) is 6.98. The molecule has 22 heavy (non-hydrogen) atoms. The van der Waals surface area contributed by atoms with Crippen LogP contribution in [0.2, 0.25) is 0 Å². The third kappa shape index (κ3) is 4.00. The van der Waals surface area contributed by atoms with Crippen LogP contribution in [0.15, 0.2) is 30.6 Å². The number of ether oxygens (including phenoxy) is 2. The van der Waals surface area contributed by atoms with Gasteiger partial charge < -0.3 is 14.4 Å². The predicted octanol–water partition coefficient (Wildman–Crippen LogP) is 1.77. The average molecular weight is 303 g/mol. The van der Waals surface area contributed by atoms with Crippen molar-refractivity contribution in [2.24, 2.45) is 7.05 Å². The summed E-state index contributed by atoms with van der Waals surface area (Å²) in [5.74, 6) is 1.09. The lowest BCUT2D eigenvalue weighted by atomic mass is 10.2. The molecule has 1 amide bonds. The van der Waals surface area contributed by atoms with E-state index in [9.17, 15) is 4.79 Å². The topological polar surface area (TPSA) is 56.6 Å². The zero-order valence-electron chi connectivity index (χ0n) is 13.4. The van der Waals surface area contributed by atoms with E-state index in [-0.39, 0.29) is 12.5 Å². The van der Waals surface area contributed by atoms with Crippen molar-refractivity contribution in [3.63, 3.8) is 0 Å². The van der Waals surface area contributed by atoms with Crippen LogP contribution in [0.5, 0.6) is 11.5 Å². The van der Waals surface area contributed by atoms with Crippen molar-refractivity contribution in [2.75, 3.05) is 20.8 Å². The summed E-state index contributed by atoms with van der Waals surface area (Å²) in [6, 6.07) is 5.60. The maximum Gasteiger partial charge on any atom is 0.260 e. The fraction of sp³-hybridized carbons (Fsp3) is 0.375. The number of likely N-dealkylation sites (N-methyl/N-ethyl adjacent to an activating group) is 1. The van der Waals surface area contributed by atoms with E-state index in [4.69, 9.17) is 9.47 Å². The molecule has 0 radical (unpaired) electrons. The number of hydrogen-bond donors (Lipinski definition) is 0. The lowest BCUT2D eigenvalue weighted by Gasteiger charge is -2.17. The summed E-state index contributed by atoms with van der Waals surface area (Å²) in [5.41, 5.74) is 2.05. The molecule has 0 saturated carbocycles. The second kappa shape index (κ2) is 6.98. The van der Waals surface area contributed by atoms with Crippen molar-refractivity contribution >= 4 is 5.91 Å². The molecule has 1 aromatic heterocycles. The largest absolute Gasteiger partial charge is 0.493 e. The average Bonchev–Trinajstić information content (AvgIpc) is 2.90. The second-order valence-corrected chi connectivity index (χ2v) is 5.22. The molecular weight excluding hydrogens is 282 g/mol. The Kier molecular flexibility index (Phi) is 5.04. The molecule has 0 spiro atoms. The van der Waals surface area contributed by atoms with E-state index in [1.54, 1.807) is 29.9 Å². The number of aromatic nitrogens is 2. The van der Waals surface area contributed by atoms with Crippen molar-refractivity contribution in [3.05, 3.63) is 41.7 Å². The third-order valence-corrected chi connectivity index (χ3v) is 3.27. The number of hydrogen-bond acceptors (Lipinski definition) is 4. The van der Waals surface area contributed by atoms with Gasteiger partial charge in [-0.25, -0.2) is 0 Å². The van der Waals surface area contributed by atoms with Crippen molar-refractivity contribution < 1.29 is 14.3 Å². The predicted molar refractivity (Wildman–Crippen MR) is 82.9 cm³/mol. The van der Waals surface area contributed by atoms with Crippen LogP contribution < -0.4 is 9.47 Å². The first-order chi connectivity index (χ1) is 10.5. The van der Waals surface area contributed by atoms with Crippen LogP contribution in [0.3, 0.4) is 0 Å². The molecule has 0 unspecified atom stereocenters. The number of carbonyl (C=O) groups excluding carboxylic acids is 1. The summed E-state index contributed by atoms with van der Waals surface area (Å²) in [6.07, 6.45) is 3.63. The van der Waals surface area contributed by atoms with Crippen LogP contribution in [0.4, 0.5) is 0 Å². The lowest BCUT2D eigenvalue weighted by molar-refractivity contribution is -0.132. The van der Waals surface area contributed by atoms with E-state index in [1.165, 1.54) is 0 Å². The summed E-state index contributed by atoms with van der Waals surface area (Å²) in [7, 11) is 5.17. The zero-order valence-corrected chi connectivity index (χ0v) is 13.4. The number of nitrogens with zero attached hydrogens (tertiary/aromatic N) is 3. The highest BCUT2D eigenvalue weighted by Crippen LogP contribution is 2.27. The molecule has 0 aliphatic heterocycles. The Morgan fingerprint density at radius 2 is 2.14 bits per heavy atom. The summed E-state index contributed by atoms with van der Waals surface area (Å²) >= 11 is 0. The minimum atomic E-state index is -0.105. The molecule has 6 heteroatoms. The maximum absolute atomic E-state index is 12.1. The van der Waals surface area contributed by atoms with Crippen LogP contribution in [0.1, 0.15) is 11.1 Å². The summed E-state index contributed by atoms with van der Waals surface area (Å²) in [4.78, 5) is 13.7. The second-order valence-electron chi connectivity index (χ2n) is 5.22. The van der Waals surface area contributed by atoms with Gasteiger partial charge in [0.1, 0.15) is 0 Å². The normalized spacial score (nSPS) is 10.4. The van der Waals surface area contributed by atoms with E-state index in [2.05, 4.69) is 5.10 Å². The van der Waals surface area contributed by atoms with Gasteiger partial charge in [-0.2, -0.15) is 5.10 Å². The van der Waals surface area contributed by atoms with Crippen LogP contribution >= 0.6 is 0 Å². The van der Waals surface area contributed by atoms with Crippen molar-refractivity contribution in [3.8, 4) is 11.5 Å². The minimum absolute atomic E-state index is 0.0316. The fourth-order valence-electron chi connectivity index (χ4n) is 2.06. The van der Waals surface area contributed by atoms with Gasteiger partial charge in [-0.05, 0) is 24.6 Å². The minimum Gasteiger partial charge on any atom is -0.493 e. The van der Waals surface area contributed by atoms with Crippen LogP contribution in [0.25, 0.3) is 0 Å². The van der Waals surface area contributed by atoms with Crippen LogP contribution in [-0.4, -0.2) is 41.4 Å². The fourth-order valence-corrected chi connectivity index (χ4v) is 2.06. The molecule has 0 aliphatic carbocycles. The van der Waals surface area contributed by atoms with Crippen LogP contribution in [0, 0.1) is 6.92 Å². The molecule has 0 saturated heterocycles. The van der Waals surface area contributed by atoms with Gasteiger partial charge in [-0.1, -0.05) is 6.07 Å². The molecule has 0 atom stereocenters. The van der Waals surface area contributed by atoms with Crippen molar-refractivity contribution in [2.45, 2.75) is 13.5 Å². The smallest absolute Gasteiger partial charge is 0.260 e. The van der Waals surface area contributed by atoms with E-state index in [0.29, 0.717) is 18.0 Å². The molecule has 2 aromatic rings. The van der Waals surface area contributed by atoms with E-state index < -0.39 is 0 Å². The number of aryl methyl sites for hydroxylation is 2. The number of carbonyl (C=O) groups is 1. The van der Waals surface area contributed by atoms with E-state index >= 15 is 0 Å². The van der Waals surface area contributed by atoms with Gasteiger partial charge >= 0.3 is 0 Å². The SMILES string of the molecule is COc1cc(C)ccc1OCC(=O)N(C)Cc1cnn(C)c1. The van der Waals surface area contributed by atoms with E-state index in [1.807, 2.05) is 38.4 Å². The molecule has 2 rings (SSSR count). The van der Waals surface area contributed by atoms with Gasteiger partial charge in [0.15, 0.2) is 18.1 Å². The number of methoxy groups -OCH3 is 1. The zero-order chi connectivity index (χ0) is 16.1.